The lowest BCUT2D eigenvalue weighted by atomic mass is 10.2. The Bertz CT molecular complexity index is 207. The number of esters is 1. The second-order valence-corrected chi connectivity index (χ2v) is 5.10. The molecule has 0 aromatic heterocycles. The first-order valence-corrected chi connectivity index (χ1v) is 6.97. The molecule has 1 heterocycles. The molecule has 1 aliphatic heterocycles. The van der Waals surface area contributed by atoms with E-state index in [1.54, 1.807) is 6.92 Å². The van der Waals surface area contributed by atoms with Crippen molar-refractivity contribution in [3.05, 3.63) is 0 Å². The van der Waals surface area contributed by atoms with Crippen LogP contribution in [0, 0.1) is 5.92 Å². The number of hydrogen-bond donors (Lipinski definition) is 1. The molecule has 0 bridgehead atoms. The number of carbonyl (C=O) groups is 1. The minimum Gasteiger partial charge on any atom is -0.465 e. The zero-order chi connectivity index (χ0) is 11.8. The first-order valence-electron chi connectivity index (χ1n) is 5.81. The van der Waals surface area contributed by atoms with E-state index in [1.165, 1.54) is 0 Å². The number of hydrogen-bond acceptors (Lipinski definition) is 5. The van der Waals surface area contributed by atoms with Crippen LogP contribution in [0.4, 0.5) is 0 Å². The van der Waals surface area contributed by atoms with Crippen molar-refractivity contribution in [3.63, 3.8) is 0 Å². The van der Waals surface area contributed by atoms with Gasteiger partial charge in [-0.3, -0.25) is 4.79 Å². The van der Waals surface area contributed by atoms with Crippen LogP contribution < -0.4 is 5.73 Å². The van der Waals surface area contributed by atoms with Gasteiger partial charge in [-0.05, 0) is 37.2 Å². The van der Waals surface area contributed by atoms with Crippen LogP contribution in [0.15, 0.2) is 0 Å². The molecule has 5 heteroatoms. The summed E-state index contributed by atoms with van der Waals surface area (Å²) in [5, 5.41) is 0. The number of ether oxygens (including phenoxy) is 2. The van der Waals surface area contributed by atoms with Crippen molar-refractivity contribution in [1.29, 1.82) is 0 Å². The minimum atomic E-state index is -0.465. The summed E-state index contributed by atoms with van der Waals surface area (Å²) < 4.78 is 10.1. The van der Waals surface area contributed by atoms with Gasteiger partial charge >= 0.3 is 5.97 Å². The molecular formula is C11H21NO3S. The fraction of sp³-hybridized carbons (Fsp3) is 0.909. The van der Waals surface area contributed by atoms with Crippen molar-refractivity contribution in [1.82, 2.24) is 0 Å². The molecule has 0 aromatic rings. The Morgan fingerprint density at radius 1 is 1.69 bits per heavy atom. The predicted octanol–water partition coefficient (Wildman–Crippen LogP) is 1.04. The molecule has 1 rings (SSSR count). The van der Waals surface area contributed by atoms with E-state index in [4.69, 9.17) is 15.2 Å². The SMILES string of the molecule is CCOC(=O)C(N)CCSCC1CCOC1. The first kappa shape index (κ1) is 13.8. The Hall–Kier alpha value is -0.260. The number of thioether (sulfide) groups is 1. The van der Waals surface area contributed by atoms with E-state index in [9.17, 15) is 4.79 Å². The molecule has 2 atom stereocenters. The fourth-order valence-electron chi connectivity index (χ4n) is 1.54. The van der Waals surface area contributed by atoms with E-state index in [2.05, 4.69) is 0 Å². The van der Waals surface area contributed by atoms with Crippen LogP contribution in [0.1, 0.15) is 19.8 Å². The smallest absolute Gasteiger partial charge is 0.322 e. The highest BCUT2D eigenvalue weighted by Crippen LogP contribution is 2.18. The van der Waals surface area contributed by atoms with Gasteiger partial charge in [0.15, 0.2) is 0 Å². The molecule has 0 saturated carbocycles. The quantitative estimate of drug-likeness (QED) is 0.538. The Kier molecular flexibility index (Phi) is 6.84. The normalized spacial score (nSPS) is 22.0. The maximum absolute atomic E-state index is 11.2. The second-order valence-electron chi connectivity index (χ2n) is 3.95. The summed E-state index contributed by atoms with van der Waals surface area (Å²) in [6, 6.07) is -0.465. The number of carbonyl (C=O) groups excluding carboxylic acids is 1. The van der Waals surface area contributed by atoms with Gasteiger partial charge in [-0.15, -0.1) is 0 Å². The van der Waals surface area contributed by atoms with E-state index in [1.807, 2.05) is 11.8 Å². The summed E-state index contributed by atoms with van der Waals surface area (Å²) in [7, 11) is 0. The summed E-state index contributed by atoms with van der Waals surface area (Å²) in [5.74, 6) is 2.42. The van der Waals surface area contributed by atoms with Crippen molar-refractivity contribution >= 4 is 17.7 Å². The topological polar surface area (TPSA) is 61.5 Å². The highest BCUT2D eigenvalue weighted by atomic mass is 32.2. The van der Waals surface area contributed by atoms with Crippen LogP contribution in [-0.2, 0) is 14.3 Å². The number of nitrogens with two attached hydrogens (primary N) is 1. The molecular weight excluding hydrogens is 226 g/mol. The third kappa shape index (κ3) is 5.18. The van der Waals surface area contributed by atoms with E-state index < -0.39 is 6.04 Å². The molecule has 0 aromatic carbocycles. The van der Waals surface area contributed by atoms with E-state index >= 15 is 0 Å². The lowest BCUT2D eigenvalue weighted by Crippen LogP contribution is -2.32. The Morgan fingerprint density at radius 2 is 2.50 bits per heavy atom. The van der Waals surface area contributed by atoms with Gasteiger partial charge in [0, 0.05) is 6.61 Å². The van der Waals surface area contributed by atoms with Gasteiger partial charge in [0.25, 0.3) is 0 Å². The Labute approximate surface area is 101 Å². The van der Waals surface area contributed by atoms with Gasteiger partial charge in [-0.1, -0.05) is 0 Å². The number of rotatable bonds is 7. The van der Waals surface area contributed by atoms with Crippen molar-refractivity contribution in [2.75, 3.05) is 31.3 Å². The Morgan fingerprint density at radius 3 is 3.12 bits per heavy atom. The molecule has 0 amide bonds. The molecule has 1 fully saturated rings. The molecule has 0 spiro atoms. The standard InChI is InChI=1S/C11H21NO3S/c1-2-15-11(13)10(12)4-6-16-8-9-3-5-14-7-9/h9-10H,2-8,12H2,1H3. The Balaban J connectivity index is 1.99. The third-order valence-electron chi connectivity index (χ3n) is 2.54. The van der Waals surface area contributed by atoms with Crippen molar-refractivity contribution in [2.45, 2.75) is 25.8 Å². The monoisotopic (exact) mass is 247 g/mol. The fourth-order valence-corrected chi connectivity index (χ4v) is 2.73. The molecule has 2 unspecified atom stereocenters. The van der Waals surface area contributed by atoms with Gasteiger partial charge in [0.05, 0.1) is 13.2 Å². The first-order chi connectivity index (χ1) is 7.74. The molecule has 94 valence electrons. The van der Waals surface area contributed by atoms with E-state index in [0.29, 0.717) is 18.9 Å². The summed E-state index contributed by atoms with van der Waals surface area (Å²) in [6.45, 7) is 3.98. The van der Waals surface area contributed by atoms with Gasteiger partial charge in [-0.25, -0.2) is 0 Å². The van der Waals surface area contributed by atoms with Gasteiger partial charge in [-0.2, -0.15) is 11.8 Å². The van der Waals surface area contributed by atoms with Crippen LogP contribution in [0.5, 0.6) is 0 Å². The van der Waals surface area contributed by atoms with Crippen LogP contribution in [0.25, 0.3) is 0 Å². The highest BCUT2D eigenvalue weighted by molar-refractivity contribution is 7.99. The van der Waals surface area contributed by atoms with Crippen LogP contribution in [0.2, 0.25) is 0 Å². The van der Waals surface area contributed by atoms with Crippen molar-refractivity contribution < 1.29 is 14.3 Å². The van der Waals surface area contributed by atoms with Crippen LogP contribution in [-0.4, -0.2) is 43.3 Å². The predicted molar refractivity (Wildman–Crippen MR) is 65.5 cm³/mol. The van der Waals surface area contributed by atoms with Crippen LogP contribution in [0.3, 0.4) is 0 Å². The average Bonchev–Trinajstić information content (AvgIpc) is 2.77. The van der Waals surface area contributed by atoms with Gasteiger partial charge < -0.3 is 15.2 Å². The molecule has 16 heavy (non-hydrogen) atoms. The average molecular weight is 247 g/mol. The van der Waals surface area contributed by atoms with Crippen molar-refractivity contribution in [2.24, 2.45) is 11.7 Å². The van der Waals surface area contributed by atoms with Crippen LogP contribution >= 0.6 is 11.8 Å². The zero-order valence-corrected chi connectivity index (χ0v) is 10.6. The molecule has 1 saturated heterocycles. The maximum atomic E-state index is 11.2. The van der Waals surface area contributed by atoms with Crippen molar-refractivity contribution in [3.8, 4) is 0 Å². The summed E-state index contributed by atoms with van der Waals surface area (Å²) in [4.78, 5) is 11.2. The molecule has 0 aliphatic carbocycles. The van der Waals surface area contributed by atoms with Gasteiger partial charge in [0.2, 0.25) is 0 Å². The van der Waals surface area contributed by atoms with E-state index in [0.717, 1.165) is 31.1 Å². The van der Waals surface area contributed by atoms with Gasteiger partial charge in [0.1, 0.15) is 6.04 Å². The summed E-state index contributed by atoms with van der Waals surface area (Å²) >= 11 is 1.85. The second kappa shape index (κ2) is 7.92. The third-order valence-corrected chi connectivity index (χ3v) is 3.77. The zero-order valence-electron chi connectivity index (χ0n) is 9.81. The maximum Gasteiger partial charge on any atom is 0.322 e. The lowest BCUT2D eigenvalue weighted by Gasteiger charge is -2.11. The molecule has 0 radical (unpaired) electrons. The molecule has 4 nitrogen and oxygen atoms in total. The summed E-state index contributed by atoms with van der Waals surface area (Å²) in [6.07, 6.45) is 1.86. The summed E-state index contributed by atoms with van der Waals surface area (Å²) in [5.41, 5.74) is 5.68. The molecule has 1 aliphatic rings. The van der Waals surface area contributed by atoms with E-state index in [-0.39, 0.29) is 5.97 Å². The minimum absolute atomic E-state index is 0.285. The largest absolute Gasteiger partial charge is 0.465 e. The molecule has 2 N–H and O–H groups in total. The highest BCUT2D eigenvalue weighted by Gasteiger charge is 2.17. The lowest BCUT2D eigenvalue weighted by molar-refractivity contribution is -0.144.